The third kappa shape index (κ3) is 12.3. The zero-order valence-electron chi connectivity index (χ0n) is 29.0. The van der Waals surface area contributed by atoms with Crippen LogP contribution in [0.5, 0.6) is 0 Å². The van der Waals surface area contributed by atoms with Gasteiger partial charge >= 0.3 is 25.6 Å². The van der Waals surface area contributed by atoms with Crippen molar-refractivity contribution >= 4 is 43.3 Å². The number of aromatic nitrogens is 2. The zero-order chi connectivity index (χ0) is 38.5. The number of imidazole rings is 1. The predicted molar refractivity (Wildman–Crippen MR) is 176 cm³/mol. The van der Waals surface area contributed by atoms with Gasteiger partial charge in [-0.3, -0.25) is 19.2 Å². The Kier molecular flexibility index (Phi) is 16.5. The van der Waals surface area contributed by atoms with Gasteiger partial charge in [0.2, 0.25) is 23.8 Å². The van der Waals surface area contributed by atoms with Gasteiger partial charge in [0, 0.05) is 24.7 Å². The molecule has 1 aromatic heterocycles. The molecule has 5 atom stereocenters. The number of aliphatic hydroxyl groups excluding tert-OH is 2. The van der Waals surface area contributed by atoms with Crippen molar-refractivity contribution in [1.29, 1.82) is 0 Å². The van der Waals surface area contributed by atoms with Crippen molar-refractivity contribution < 1.29 is 62.6 Å². The lowest BCUT2D eigenvalue weighted by molar-refractivity contribution is -0.165. The monoisotopic (exact) mass is 746 g/mol. The van der Waals surface area contributed by atoms with Gasteiger partial charge in [-0.1, -0.05) is 0 Å². The van der Waals surface area contributed by atoms with Crippen LogP contribution in [-0.4, -0.2) is 142 Å². The topological polar surface area (TPSA) is 305 Å². The number of cyclic esters (lactones) is 1. The molecule has 0 aliphatic carbocycles. The Labute approximate surface area is 293 Å². The van der Waals surface area contributed by atoms with E-state index < -0.39 is 105 Å². The minimum atomic E-state index is -3.81. The van der Waals surface area contributed by atoms with E-state index in [1.807, 2.05) is 0 Å². The number of carbonyl (C=O) groups excluding carboxylic acids is 5. The van der Waals surface area contributed by atoms with Crippen LogP contribution in [0, 0.1) is 0 Å². The molecule has 286 valence electrons. The van der Waals surface area contributed by atoms with Crippen LogP contribution >= 0.6 is 7.67 Å². The molecule has 21 nitrogen and oxygen atoms in total. The summed E-state index contributed by atoms with van der Waals surface area (Å²) in [6.07, 6.45) is -0.549. The molecule has 22 heteroatoms. The van der Waals surface area contributed by atoms with Gasteiger partial charge in [0.1, 0.15) is 18.1 Å². The number of nitrogens with one attached hydrogen (secondary N) is 4. The van der Waals surface area contributed by atoms with E-state index >= 15 is 0 Å². The Morgan fingerprint density at radius 3 is 2.25 bits per heavy atom. The van der Waals surface area contributed by atoms with Crippen molar-refractivity contribution in [1.82, 2.24) is 35.3 Å². The number of aliphatic carboxylic acids is 1. The molecule has 2 rings (SSSR count). The van der Waals surface area contributed by atoms with Gasteiger partial charge in [0.05, 0.1) is 19.4 Å². The summed E-state index contributed by atoms with van der Waals surface area (Å²) in [4.78, 5) is 82.0. The lowest BCUT2D eigenvalue weighted by Crippen LogP contribution is -2.55. The Balaban J connectivity index is 1.99. The number of aromatic amines is 1. The van der Waals surface area contributed by atoms with Crippen LogP contribution in [0.4, 0.5) is 0 Å². The summed E-state index contributed by atoms with van der Waals surface area (Å²) in [6.45, 7) is 0.752. The normalized spacial score (nSPS) is 17.0. The lowest BCUT2D eigenvalue weighted by Gasteiger charge is -2.29. The Bertz CT molecular complexity index is 1460. The molecule has 51 heavy (non-hydrogen) atoms. The zero-order valence-corrected chi connectivity index (χ0v) is 29.9. The first-order valence-electron chi connectivity index (χ1n) is 15.8. The second kappa shape index (κ2) is 19.7. The number of carboxylic acid groups (broad SMARTS) is 1. The summed E-state index contributed by atoms with van der Waals surface area (Å²) < 4.78 is 31.0. The Morgan fingerprint density at radius 2 is 1.71 bits per heavy atom. The fraction of sp³-hybridized carbons (Fsp3) is 0.621. The van der Waals surface area contributed by atoms with Gasteiger partial charge in [-0.2, -0.15) is 0 Å². The molecule has 0 saturated carbocycles. The minimum absolute atomic E-state index is 0.0788. The second-order valence-electron chi connectivity index (χ2n) is 11.8. The second-order valence-corrected chi connectivity index (χ2v) is 14.6. The molecule has 0 radical (unpaired) electrons. The molecule has 0 spiro atoms. The van der Waals surface area contributed by atoms with Gasteiger partial charge in [0.25, 0.3) is 5.76 Å². The number of esters is 2. The maximum absolute atomic E-state index is 13.1. The van der Waals surface area contributed by atoms with E-state index in [0.29, 0.717) is 25.1 Å². The summed E-state index contributed by atoms with van der Waals surface area (Å²) in [6, 6.07) is -3.69. The van der Waals surface area contributed by atoms with Crippen LogP contribution in [0.25, 0.3) is 0 Å². The number of hydrogen-bond acceptors (Lipinski definition) is 14. The number of carbonyl (C=O) groups is 6. The van der Waals surface area contributed by atoms with Crippen LogP contribution in [0.2, 0.25) is 0 Å². The average Bonchev–Trinajstić information content (AvgIpc) is 3.68. The van der Waals surface area contributed by atoms with Gasteiger partial charge in [-0.25, -0.2) is 28.5 Å². The molecule has 1 aromatic rings. The molecule has 0 aromatic carbocycles. The maximum Gasteiger partial charge on any atom is 0.395 e. The SMILES string of the molecule is CC(NC(=O)CCC(=O)OC(CO)C1OC(=O)C(OP(=O)(N(C)C)N(C)C)=C1O)C(=O)NC(Cc1cnc[nH]1)C(=O)NC(CCCCN)C(=O)O. The molecule has 5 unspecified atom stereocenters. The van der Waals surface area contributed by atoms with E-state index in [1.165, 1.54) is 57.0 Å². The number of aliphatic hydroxyl groups is 2. The summed E-state index contributed by atoms with van der Waals surface area (Å²) in [5.41, 5.74) is 5.93. The fourth-order valence-electron chi connectivity index (χ4n) is 4.60. The van der Waals surface area contributed by atoms with Gasteiger partial charge in [-0.15, -0.1) is 0 Å². The van der Waals surface area contributed by atoms with Gasteiger partial charge < -0.3 is 56.0 Å². The van der Waals surface area contributed by atoms with Crippen molar-refractivity contribution in [2.24, 2.45) is 5.73 Å². The van der Waals surface area contributed by atoms with Crippen LogP contribution in [0.1, 0.15) is 44.7 Å². The number of carboxylic acids is 1. The molecule has 9 N–H and O–H groups in total. The van der Waals surface area contributed by atoms with Crippen molar-refractivity contribution in [3.8, 4) is 0 Å². The van der Waals surface area contributed by atoms with E-state index in [-0.39, 0.29) is 12.8 Å². The van der Waals surface area contributed by atoms with Crippen LogP contribution in [0.15, 0.2) is 24.0 Å². The summed E-state index contributed by atoms with van der Waals surface area (Å²) >= 11 is 0. The molecule has 1 aliphatic rings. The summed E-state index contributed by atoms with van der Waals surface area (Å²) in [5, 5.41) is 37.2. The van der Waals surface area contributed by atoms with E-state index in [0.717, 1.165) is 0 Å². The van der Waals surface area contributed by atoms with Crippen molar-refractivity contribution in [2.45, 2.75) is 75.8 Å². The molecule has 0 bridgehead atoms. The minimum Gasteiger partial charge on any atom is -0.505 e. The van der Waals surface area contributed by atoms with Crippen molar-refractivity contribution in [3.05, 3.63) is 29.7 Å². The first-order valence-corrected chi connectivity index (χ1v) is 17.4. The van der Waals surface area contributed by atoms with E-state index in [4.69, 9.17) is 19.7 Å². The number of nitrogens with two attached hydrogens (primary N) is 1. The van der Waals surface area contributed by atoms with Gasteiger partial charge in [-0.05, 0) is 60.9 Å². The third-order valence-electron chi connectivity index (χ3n) is 7.44. The van der Waals surface area contributed by atoms with E-state index in [2.05, 4.69) is 25.9 Å². The number of rotatable bonds is 22. The van der Waals surface area contributed by atoms with E-state index in [1.54, 1.807) is 0 Å². The molecule has 2 heterocycles. The number of unbranched alkanes of at least 4 members (excludes halogenated alkanes) is 1. The maximum atomic E-state index is 13.1. The van der Waals surface area contributed by atoms with Crippen LogP contribution < -0.4 is 21.7 Å². The number of ether oxygens (including phenoxy) is 2. The standard InChI is InChI=1S/C29H47N8O13P/c1-16(26(42)35-19(12-17-13-31-15-32-17)27(43)34-18(28(44)45)8-6-7-11-30)33-21(39)9-10-22(40)48-20(14-38)24-23(41)25(29(46)49-24)50-51(47,36(2)3)37(4)5/h13,15-16,18-20,24,38,41H,6-12,14,30H2,1-5H3,(H,31,32)(H,33,39)(H,34,43)(H,35,42)(H,44,45). The average molecular weight is 747 g/mol. The number of amides is 3. The number of H-pyrrole nitrogens is 1. The highest BCUT2D eigenvalue weighted by Gasteiger charge is 2.46. The van der Waals surface area contributed by atoms with Crippen LogP contribution in [0.3, 0.4) is 0 Å². The lowest BCUT2D eigenvalue weighted by atomic mass is 10.1. The quantitative estimate of drug-likeness (QED) is 0.0371. The highest BCUT2D eigenvalue weighted by molar-refractivity contribution is 7.54. The van der Waals surface area contributed by atoms with Crippen LogP contribution in [-0.2, 0) is 53.8 Å². The first kappa shape index (κ1) is 42.6. The number of nitrogens with zero attached hydrogens (tertiary/aromatic N) is 3. The summed E-state index contributed by atoms with van der Waals surface area (Å²) in [5.74, 6) is -7.52. The Morgan fingerprint density at radius 1 is 1.06 bits per heavy atom. The van der Waals surface area contributed by atoms with Gasteiger partial charge in [0.15, 0.2) is 11.9 Å². The Hall–Kier alpha value is -4.56. The largest absolute Gasteiger partial charge is 0.505 e. The van der Waals surface area contributed by atoms with E-state index in [9.17, 15) is 48.7 Å². The molecular formula is C29H47N8O13P. The molecule has 1 aliphatic heterocycles. The predicted octanol–water partition coefficient (Wildman–Crippen LogP) is -1.73. The molecule has 0 saturated heterocycles. The van der Waals surface area contributed by atoms with Crippen molar-refractivity contribution in [2.75, 3.05) is 41.3 Å². The smallest absolute Gasteiger partial charge is 0.395 e. The summed E-state index contributed by atoms with van der Waals surface area (Å²) in [7, 11) is 1.87. The highest BCUT2D eigenvalue weighted by atomic mass is 31.2. The molecule has 3 amide bonds. The van der Waals surface area contributed by atoms with Crippen molar-refractivity contribution in [3.63, 3.8) is 0 Å². The molecule has 0 fully saturated rings. The highest BCUT2D eigenvalue weighted by Crippen LogP contribution is 2.53. The third-order valence-corrected chi connectivity index (χ3v) is 9.89. The first-order chi connectivity index (χ1) is 23.9. The number of hydrogen-bond donors (Lipinski definition) is 8. The fourth-order valence-corrected chi connectivity index (χ4v) is 6.04. The molecular weight excluding hydrogens is 699 g/mol.